The Labute approximate surface area is 303 Å². The Balaban J connectivity index is 0.993. The normalized spacial score (nSPS) is 22.9. The van der Waals surface area contributed by atoms with Gasteiger partial charge in [0.2, 0.25) is 0 Å². The van der Waals surface area contributed by atoms with Crippen molar-refractivity contribution in [3.05, 3.63) is 151 Å². The highest BCUT2D eigenvalue weighted by molar-refractivity contribution is 7.13. The maximum absolute atomic E-state index is 2.66. The van der Waals surface area contributed by atoms with E-state index < -0.39 is 0 Å². The molecule has 2 aromatic carbocycles. The number of hydrogen-bond donors (Lipinski definition) is 0. The second-order valence-electron chi connectivity index (χ2n) is 15.2. The van der Waals surface area contributed by atoms with E-state index in [4.69, 9.17) is 0 Å². The average molecular weight is 679 g/mol. The molecule has 6 aliphatic carbocycles. The van der Waals surface area contributed by atoms with Crippen molar-refractivity contribution in [2.45, 2.75) is 69.7 Å². The van der Waals surface area contributed by atoms with Crippen molar-refractivity contribution in [2.75, 3.05) is 0 Å². The highest BCUT2D eigenvalue weighted by Gasteiger charge is 2.29. The molecule has 3 heterocycles. The highest BCUT2D eigenvalue weighted by Crippen LogP contribution is 2.46. The van der Waals surface area contributed by atoms with E-state index in [1.165, 1.54) is 83.1 Å². The minimum atomic E-state index is 0.326. The van der Waals surface area contributed by atoms with Gasteiger partial charge in [-0.15, -0.1) is 11.3 Å². The fourth-order valence-electron chi connectivity index (χ4n) is 9.91. The maximum atomic E-state index is 2.66. The van der Waals surface area contributed by atoms with E-state index in [0.29, 0.717) is 17.9 Å². The van der Waals surface area contributed by atoms with Crippen LogP contribution in [0.2, 0.25) is 0 Å². The van der Waals surface area contributed by atoms with Crippen LogP contribution in [0.3, 0.4) is 0 Å². The number of hydrogen-bond acceptors (Lipinski definition) is 1. The zero-order chi connectivity index (χ0) is 33.5. The predicted molar refractivity (Wildman–Crippen MR) is 218 cm³/mol. The van der Waals surface area contributed by atoms with Crippen LogP contribution in [0.5, 0.6) is 0 Å². The first kappa shape index (κ1) is 29.8. The Bertz CT molecular complexity index is 2630. The number of aromatic nitrogens is 2. The molecule has 3 heteroatoms. The second kappa shape index (κ2) is 11.9. The smallest absolute Gasteiger partial charge is 0.0725 e. The molecule has 0 bridgehead atoms. The van der Waals surface area contributed by atoms with Gasteiger partial charge in [0.15, 0.2) is 0 Å². The molecule has 3 aromatic heterocycles. The summed E-state index contributed by atoms with van der Waals surface area (Å²) in [5, 5.41) is 5.57. The van der Waals surface area contributed by atoms with Crippen molar-refractivity contribution in [1.29, 1.82) is 0 Å². The first-order chi connectivity index (χ1) is 25.3. The molecule has 6 aliphatic rings. The molecule has 5 aromatic rings. The van der Waals surface area contributed by atoms with Crippen LogP contribution in [0.15, 0.2) is 103 Å². The highest BCUT2D eigenvalue weighted by atomic mass is 32.1. The number of allylic oxidation sites excluding steroid dienone is 11. The van der Waals surface area contributed by atoms with Crippen LogP contribution in [0, 0.1) is 5.92 Å². The monoisotopic (exact) mass is 678 g/mol. The Morgan fingerprint density at radius 1 is 0.706 bits per heavy atom. The van der Waals surface area contributed by atoms with Crippen LogP contribution < -0.4 is 10.6 Å². The molecule has 2 nitrogen and oxygen atoms in total. The number of nitrogens with zero attached hydrogens (tertiary/aromatic N) is 2. The number of rotatable bonds is 4. The first-order valence-electron chi connectivity index (χ1n) is 19.2. The molecule has 51 heavy (non-hydrogen) atoms. The lowest BCUT2D eigenvalue weighted by Crippen LogP contribution is -2.33. The van der Waals surface area contributed by atoms with E-state index in [-0.39, 0.29) is 0 Å². The topological polar surface area (TPSA) is 9.86 Å². The fourth-order valence-corrected chi connectivity index (χ4v) is 11.3. The van der Waals surface area contributed by atoms with E-state index in [1.54, 1.807) is 11.1 Å². The van der Waals surface area contributed by atoms with Crippen LogP contribution in [-0.2, 0) is 12.8 Å². The third-order valence-corrected chi connectivity index (χ3v) is 13.7. The summed E-state index contributed by atoms with van der Waals surface area (Å²) in [6, 6.07) is 16.8. The Morgan fingerprint density at radius 2 is 1.57 bits per heavy atom. The molecule has 0 N–H and O–H groups in total. The summed E-state index contributed by atoms with van der Waals surface area (Å²) in [4.78, 5) is 3.00. The lowest BCUT2D eigenvalue weighted by molar-refractivity contribution is 0.636. The molecule has 3 unspecified atom stereocenters. The van der Waals surface area contributed by atoms with Gasteiger partial charge >= 0.3 is 0 Å². The van der Waals surface area contributed by atoms with Gasteiger partial charge in [-0.05, 0) is 105 Å². The van der Waals surface area contributed by atoms with Gasteiger partial charge in [0.25, 0.3) is 0 Å². The van der Waals surface area contributed by atoms with E-state index >= 15 is 0 Å². The molecule has 0 aliphatic heterocycles. The van der Waals surface area contributed by atoms with Crippen molar-refractivity contribution in [3.63, 3.8) is 0 Å². The van der Waals surface area contributed by atoms with Crippen molar-refractivity contribution in [1.82, 2.24) is 9.13 Å². The molecule has 250 valence electrons. The molecular weight excluding hydrogens is 637 g/mol. The van der Waals surface area contributed by atoms with Crippen molar-refractivity contribution in [3.8, 4) is 0 Å². The molecular formula is C48H42N2S. The molecule has 3 atom stereocenters. The third kappa shape index (κ3) is 4.67. The number of benzene rings is 2. The number of para-hydroxylation sites is 1. The molecule has 0 amide bonds. The minimum Gasteiger partial charge on any atom is -0.332 e. The zero-order valence-corrected chi connectivity index (χ0v) is 29.8. The van der Waals surface area contributed by atoms with Gasteiger partial charge in [0.1, 0.15) is 0 Å². The van der Waals surface area contributed by atoms with Crippen molar-refractivity contribution < 1.29 is 0 Å². The van der Waals surface area contributed by atoms with Crippen molar-refractivity contribution >= 4 is 69.2 Å². The Morgan fingerprint density at radius 3 is 2.49 bits per heavy atom. The van der Waals surface area contributed by atoms with Gasteiger partial charge in [-0.1, -0.05) is 103 Å². The number of thiophene rings is 1. The summed E-state index contributed by atoms with van der Waals surface area (Å²) in [6.45, 7) is 0. The number of fused-ring (bicyclic) bond motifs is 9. The zero-order valence-electron chi connectivity index (χ0n) is 29.0. The van der Waals surface area contributed by atoms with Crippen molar-refractivity contribution in [2.24, 2.45) is 5.92 Å². The quantitative estimate of drug-likeness (QED) is 0.179. The minimum absolute atomic E-state index is 0.326. The molecule has 0 fully saturated rings. The molecule has 0 saturated heterocycles. The summed E-state index contributed by atoms with van der Waals surface area (Å²) in [6.07, 6.45) is 43.7. The van der Waals surface area contributed by atoms with Gasteiger partial charge in [-0.3, -0.25) is 0 Å². The summed E-state index contributed by atoms with van der Waals surface area (Å²) < 4.78 is 5.26. The van der Waals surface area contributed by atoms with Gasteiger partial charge in [-0.25, -0.2) is 0 Å². The fraction of sp³-hybridized carbons (Fsp3) is 0.250. The van der Waals surface area contributed by atoms with Crippen LogP contribution in [-0.4, -0.2) is 9.13 Å². The van der Waals surface area contributed by atoms with Crippen LogP contribution in [0.1, 0.15) is 94.6 Å². The van der Waals surface area contributed by atoms with Gasteiger partial charge in [0, 0.05) is 70.9 Å². The molecule has 0 spiro atoms. The van der Waals surface area contributed by atoms with E-state index in [1.807, 2.05) is 11.3 Å². The second-order valence-corrected chi connectivity index (χ2v) is 16.3. The Hall–Kier alpha value is -4.86. The largest absolute Gasteiger partial charge is 0.332 e. The lowest BCUT2D eigenvalue weighted by atomic mass is 9.87. The summed E-state index contributed by atoms with van der Waals surface area (Å²) in [7, 11) is 0. The third-order valence-electron chi connectivity index (χ3n) is 12.4. The SMILES string of the molecule is C1=CCCC(C2C=CC(n3c4c(c5c3=CCC(c3ccc6c(c3)c3ccccc3n6C3CC=Cc6c3sc3c6CCC=C3)C=5)C=CCC4)=CC2)=C1. The van der Waals surface area contributed by atoms with E-state index in [9.17, 15) is 0 Å². The predicted octanol–water partition coefficient (Wildman–Crippen LogP) is 11.0. The maximum Gasteiger partial charge on any atom is 0.0725 e. The average Bonchev–Trinajstić information content (AvgIpc) is 3.86. The van der Waals surface area contributed by atoms with Gasteiger partial charge in [0.05, 0.1) is 6.04 Å². The first-order valence-corrected chi connectivity index (χ1v) is 20.0. The molecule has 11 rings (SSSR count). The van der Waals surface area contributed by atoms with Crippen LogP contribution in [0.25, 0.3) is 57.9 Å². The van der Waals surface area contributed by atoms with Gasteiger partial charge in [-0.2, -0.15) is 0 Å². The summed E-state index contributed by atoms with van der Waals surface area (Å²) in [5.41, 5.74) is 13.0. The standard InChI is InChI=1S/C48H42N2S/c1-2-11-31(12-3-1)32-21-25-35(26-22-32)49-42-17-7-4-13-36(42)40-29-33(23-27-44(40)49)34-24-28-45-41(30-34)37-14-5-8-18-43(37)50(45)46-19-10-16-39-38-15-6-9-20-47(38)51-48(39)46/h1-2,4-5,8-11,13-14,16,18,20-21,24-30,32-33,46H,3,6-7,12,15,17,19,22-23H2. The Kier molecular flexibility index (Phi) is 6.93. The van der Waals surface area contributed by atoms with Crippen LogP contribution in [0.4, 0.5) is 0 Å². The van der Waals surface area contributed by atoms with E-state index in [0.717, 1.165) is 44.9 Å². The lowest BCUT2D eigenvalue weighted by Gasteiger charge is -2.23. The van der Waals surface area contributed by atoms with E-state index in [2.05, 4.69) is 137 Å². The van der Waals surface area contributed by atoms with Gasteiger partial charge < -0.3 is 9.13 Å². The molecule has 0 saturated carbocycles. The molecule has 0 radical (unpaired) electrons. The summed E-state index contributed by atoms with van der Waals surface area (Å²) in [5.74, 6) is 0.886. The summed E-state index contributed by atoms with van der Waals surface area (Å²) >= 11 is 2.02. The van der Waals surface area contributed by atoms with Crippen LogP contribution >= 0.6 is 11.3 Å².